The number of aromatic carboxylic acids is 1. The van der Waals surface area contributed by atoms with Crippen LogP contribution in [0.2, 0.25) is 0 Å². The van der Waals surface area contributed by atoms with Crippen LogP contribution in [0.25, 0.3) is 10.9 Å². The Morgan fingerprint density at radius 1 is 1.29 bits per heavy atom. The van der Waals surface area contributed by atoms with Crippen molar-refractivity contribution in [2.45, 2.75) is 31.3 Å². The maximum Gasteiger partial charge on any atom is 0.341 e. The quantitative estimate of drug-likeness (QED) is 0.721. The van der Waals surface area contributed by atoms with Crippen LogP contribution in [0.1, 0.15) is 35.7 Å². The number of fused-ring (bicyclic) bond motifs is 3. The Morgan fingerprint density at radius 3 is 2.54 bits per heavy atom. The Hall–Kier alpha value is -3.43. The van der Waals surface area contributed by atoms with Gasteiger partial charge in [-0.25, -0.2) is 9.18 Å². The van der Waals surface area contributed by atoms with Crippen molar-refractivity contribution in [3.63, 3.8) is 0 Å². The molecule has 2 aliphatic rings. The minimum atomic E-state index is -1.41. The number of rotatable bonds is 4. The van der Waals surface area contributed by atoms with Gasteiger partial charge in [-0.1, -0.05) is 0 Å². The van der Waals surface area contributed by atoms with E-state index >= 15 is 0 Å². The third kappa shape index (κ3) is 2.60. The second kappa shape index (κ2) is 6.04. The number of halogens is 1. The molecule has 1 aliphatic carbocycles. The number of hydrogen-bond acceptors (Lipinski definition) is 5. The van der Waals surface area contributed by atoms with Gasteiger partial charge >= 0.3 is 11.9 Å². The van der Waals surface area contributed by atoms with E-state index < -0.39 is 47.1 Å². The van der Waals surface area contributed by atoms with Gasteiger partial charge in [0.15, 0.2) is 0 Å². The first-order chi connectivity index (χ1) is 13.2. The first-order valence-electron chi connectivity index (χ1n) is 8.60. The monoisotopic (exact) mass is 389 g/mol. The molecule has 1 saturated carbocycles. The Labute approximate surface area is 157 Å². The van der Waals surface area contributed by atoms with Crippen LogP contribution >= 0.6 is 0 Å². The molecule has 0 spiro atoms. The summed E-state index contributed by atoms with van der Waals surface area (Å²) in [4.78, 5) is 48.9. The maximum atomic E-state index is 14.9. The third-order valence-electron chi connectivity index (χ3n) is 5.15. The molecule has 1 aliphatic heterocycles. The molecule has 3 N–H and O–H groups in total. The maximum absolute atomic E-state index is 14.9. The van der Waals surface area contributed by atoms with Crippen molar-refractivity contribution in [1.82, 2.24) is 4.57 Å². The van der Waals surface area contributed by atoms with E-state index in [1.54, 1.807) is 4.57 Å². The number of aliphatic carboxylic acids is 1. The van der Waals surface area contributed by atoms with Gasteiger partial charge in [0.05, 0.1) is 28.7 Å². The van der Waals surface area contributed by atoms with Crippen molar-refractivity contribution in [3.8, 4) is 0 Å². The SMILES string of the molecule is CN1c2c(F)cc3c(=O)c(C(=O)O)cn(C4CC4)c3c2NC(=O)C1CC(=O)O. The highest BCUT2D eigenvalue weighted by molar-refractivity contribution is 6.12. The number of carbonyl (C=O) groups excluding carboxylic acids is 1. The van der Waals surface area contributed by atoms with Gasteiger partial charge in [0, 0.05) is 19.3 Å². The molecule has 10 heteroatoms. The molecule has 0 saturated heterocycles. The van der Waals surface area contributed by atoms with E-state index in [-0.39, 0.29) is 28.3 Å². The molecule has 1 amide bonds. The highest BCUT2D eigenvalue weighted by Gasteiger charge is 2.37. The van der Waals surface area contributed by atoms with Crippen molar-refractivity contribution in [2.75, 3.05) is 17.3 Å². The smallest absolute Gasteiger partial charge is 0.341 e. The predicted molar refractivity (Wildman–Crippen MR) is 96.5 cm³/mol. The van der Waals surface area contributed by atoms with Gasteiger partial charge in [0.1, 0.15) is 17.4 Å². The Morgan fingerprint density at radius 2 is 1.96 bits per heavy atom. The summed E-state index contributed by atoms with van der Waals surface area (Å²) in [5, 5.41) is 20.7. The summed E-state index contributed by atoms with van der Waals surface area (Å²) in [6.45, 7) is 0. The van der Waals surface area contributed by atoms with Crippen LogP contribution in [-0.2, 0) is 9.59 Å². The van der Waals surface area contributed by atoms with Gasteiger partial charge in [-0.2, -0.15) is 0 Å². The van der Waals surface area contributed by atoms with Crippen molar-refractivity contribution in [3.05, 3.63) is 33.9 Å². The summed E-state index contributed by atoms with van der Waals surface area (Å²) in [6.07, 6.45) is 2.22. The molecule has 9 nitrogen and oxygen atoms in total. The fourth-order valence-electron chi connectivity index (χ4n) is 3.67. The van der Waals surface area contributed by atoms with Gasteiger partial charge in [-0.15, -0.1) is 0 Å². The highest BCUT2D eigenvalue weighted by atomic mass is 19.1. The lowest BCUT2D eigenvalue weighted by Gasteiger charge is -2.35. The lowest BCUT2D eigenvalue weighted by Crippen LogP contribution is -2.47. The number of likely N-dealkylation sites (N-methyl/N-ethyl adjacent to an activating group) is 1. The second-order valence-electron chi connectivity index (χ2n) is 7.01. The first-order valence-corrected chi connectivity index (χ1v) is 8.60. The number of amides is 1. The number of carbonyl (C=O) groups is 3. The molecule has 1 aromatic heterocycles. The van der Waals surface area contributed by atoms with Crippen LogP contribution in [0.5, 0.6) is 0 Å². The van der Waals surface area contributed by atoms with Gasteiger partial charge in [-0.05, 0) is 18.9 Å². The zero-order valence-corrected chi connectivity index (χ0v) is 14.7. The zero-order valence-electron chi connectivity index (χ0n) is 14.7. The van der Waals surface area contributed by atoms with Gasteiger partial charge in [0.25, 0.3) is 0 Å². The topological polar surface area (TPSA) is 129 Å². The minimum Gasteiger partial charge on any atom is -0.481 e. The zero-order chi connectivity index (χ0) is 20.3. The largest absolute Gasteiger partial charge is 0.481 e. The number of aromatic nitrogens is 1. The number of carboxylic acids is 2. The predicted octanol–water partition coefficient (Wildman–Crippen LogP) is 1.41. The van der Waals surface area contributed by atoms with Gasteiger partial charge < -0.3 is 25.0 Å². The summed E-state index contributed by atoms with van der Waals surface area (Å²) < 4.78 is 16.5. The van der Waals surface area contributed by atoms with E-state index in [4.69, 9.17) is 5.11 Å². The number of benzene rings is 1. The van der Waals surface area contributed by atoms with Crippen LogP contribution in [0.15, 0.2) is 17.1 Å². The minimum absolute atomic E-state index is 0.0322. The number of hydrogen-bond donors (Lipinski definition) is 3. The number of anilines is 2. The highest BCUT2D eigenvalue weighted by Crippen LogP contribution is 2.44. The normalized spacial score (nSPS) is 18.7. The van der Waals surface area contributed by atoms with Crippen molar-refractivity contribution >= 4 is 40.1 Å². The lowest BCUT2D eigenvalue weighted by atomic mass is 10.0. The molecule has 0 radical (unpaired) electrons. The Kier molecular flexibility index (Phi) is 3.88. The van der Waals surface area contributed by atoms with Crippen LogP contribution < -0.4 is 15.6 Å². The summed E-state index contributed by atoms with van der Waals surface area (Å²) in [5.74, 6) is -4.11. The molecule has 1 aromatic carbocycles. The fraction of sp³-hybridized carbons (Fsp3) is 0.333. The molecule has 4 rings (SSSR count). The molecule has 2 aromatic rings. The molecule has 28 heavy (non-hydrogen) atoms. The van der Waals surface area contributed by atoms with Crippen molar-refractivity contribution in [2.24, 2.45) is 0 Å². The number of pyridine rings is 1. The Balaban J connectivity index is 2.04. The molecule has 146 valence electrons. The molecule has 2 heterocycles. The molecule has 0 bridgehead atoms. The summed E-state index contributed by atoms with van der Waals surface area (Å²) in [6, 6.07) is -0.223. The van der Waals surface area contributed by atoms with E-state index in [9.17, 15) is 28.7 Å². The van der Waals surface area contributed by atoms with Crippen molar-refractivity contribution < 1.29 is 29.0 Å². The number of nitrogens with zero attached hydrogens (tertiary/aromatic N) is 2. The molecule has 1 fully saturated rings. The lowest BCUT2D eigenvalue weighted by molar-refractivity contribution is -0.139. The van der Waals surface area contributed by atoms with Crippen LogP contribution in [0, 0.1) is 5.82 Å². The van der Waals surface area contributed by atoms with E-state index in [0.29, 0.717) is 0 Å². The average Bonchev–Trinajstić information content (AvgIpc) is 3.43. The molecule has 1 atom stereocenters. The summed E-state index contributed by atoms with van der Waals surface area (Å²) >= 11 is 0. The van der Waals surface area contributed by atoms with E-state index in [1.165, 1.54) is 18.1 Å². The van der Waals surface area contributed by atoms with E-state index in [2.05, 4.69) is 5.32 Å². The van der Waals surface area contributed by atoms with Gasteiger partial charge in [0.2, 0.25) is 11.3 Å². The Bertz CT molecular complexity index is 1120. The van der Waals surface area contributed by atoms with Crippen LogP contribution in [0.4, 0.5) is 15.8 Å². The van der Waals surface area contributed by atoms with Crippen molar-refractivity contribution in [1.29, 1.82) is 0 Å². The van der Waals surface area contributed by atoms with Crippen LogP contribution in [-0.4, -0.2) is 45.7 Å². The van der Waals surface area contributed by atoms with E-state index in [1.807, 2.05) is 0 Å². The summed E-state index contributed by atoms with van der Waals surface area (Å²) in [7, 11) is 1.41. The van der Waals surface area contributed by atoms with E-state index in [0.717, 1.165) is 18.9 Å². The third-order valence-corrected chi connectivity index (χ3v) is 5.15. The second-order valence-corrected chi connectivity index (χ2v) is 7.01. The molecular weight excluding hydrogens is 373 g/mol. The molecular formula is C18H16FN3O6. The first kappa shape index (κ1) is 18.0. The fourth-order valence-corrected chi connectivity index (χ4v) is 3.67. The molecule has 1 unspecified atom stereocenters. The number of carboxylic acid groups (broad SMARTS) is 2. The van der Waals surface area contributed by atoms with Crippen LogP contribution in [0.3, 0.4) is 0 Å². The standard InChI is InChI=1S/C18H16FN3O6/c1-21-11(5-12(23)24)17(26)20-13-14-8(4-10(19)15(13)21)16(25)9(18(27)28)6-22(14)7-2-3-7/h4,6-7,11H,2-3,5H2,1H3,(H,20,26)(H,23,24)(H,27,28). The summed E-state index contributed by atoms with van der Waals surface area (Å²) in [5.41, 5.74) is -1.06. The number of nitrogens with one attached hydrogen (secondary N) is 1. The van der Waals surface area contributed by atoms with Gasteiger partial charge in [-0.3, -0.25) is 14.4 Å². The average molecular weight is 389 g/mol.